The summed E-state index contributed by atoms with van der Waals surface area (Å²) in [7, 11) is 3.06. The standard InChI is InChI=1S/C22H19BrCl2N2O4S/c1-4-30-18-9-12(7-15-20(28)26(2)22(32)27(3)21(15)29)8-16(23)19(18)31-11-13-5-6-14(24)10-17(13)25/h5-10H,4,11H2,1-3H3. The van der Waals surface area contributed by atoms with E-state index in [4.69, 9.17) is 44.9 Å². The van der Waals surface area contributed by atoms with Crippen molar-refractivity contribution in [3.63, 3.8) is 0 Å². The highest BCUT2D eigenvalue weighted by atomic mass is 79.9. The summed E-state index contributed by atoms with van der Waals surface area (Å²) < 4.78 is 12.3. The Kier molecular flexibility index (Phi) is 7.82. The van der Waals surface area contributed by atoms with Gasteiger partial charge in [-0.2, -0.15) is 0 Å². The molecule has 0 bridgehead atoms. The van der Waals surface area contributed by atoms with Crippen molar-refractivity contribution >= 4 is 74.4 Å². The highest BCUT2D eigenvalue weighted by molar-refractivity contribution is 9.10. The summed E-state index contributed by atoms with van der Waals surface area (Å²) in [5, 5.41) is 1.18. The monoisotopic (exact) mass is 556 g/mol. The Morgan fingerprint density at radius 3 is 2.31 bits per heavy atom. The van der Waals surface area contributed by atoms with Crippen molar-refractivity contribution in [2.24, 2.45) is 0 Å². The van der Waals surface area contributed by atoms with E-state index in [1.807, 2.05) is 6.92 Å². The summed E-state index contributed by atoms with van der Waals surface area (Å²) in [5.74, 6) is -0.0155. The molecule has 0 atom stereocenters. The Morgan fingerprint density at radius 1 is 1.06 bits per heavy atom. The molecule has 0 saturated carbocycles. The Balaban J connectivity index is 1.94. The molecule has 1 aliphatic heterocycles. The van der Waals surface area contributed by atoms with Gasteiger partial charge in [0.1, 0.15) is 12.2 Å². The van der Waals surface area contributed by atoms with Crippen molar-refractivity contribution in [2.75, 3.05) is 20.7 Å². The number of amides is 2. The van der Waals surface area contributed by atoms with Crippen molar-refractivity contribution in [1.29, 1.82) is 0 Å². The lowest BCUT2D eigenvalue weighted by atomic mass is 10.1. The van der Waals surface area contributed by atoms with Crippen LogP contribution in [0.1, 0.15) is 18.1 Å². The van der Waals surface area contributed by atoms with E-state index in [2.05, 4.69) is 15.9 Å². The van der Waals surface area contributed by atoms with Crippen LogP contribution in [0.15, 0.2) is 40.4 Å². The zero-order valence-corrected chi connectivity index (χ0v) is 21.4. The predicted molar refractivity (Wildman–Crippen MR) is 132 cm³/mol. The van der Waals surface area contributed by atoms with E-state index in [0.29, 0.717) is 38.2 Å². The fraction of sp³-hybridized carbons (Fsp3) is 0.227. The third-order valence-corrected chi connectivity index (χ3v) is 6.40. The lowest BCUT2D eigenvalue weighted by molar-refractivity contribution is -0.132. The van der Waals surface area contributed by atoms with Crippen LogP contribution < -0.4 is 9.47 Å². The molecule has 10 heteroatoms. The van der Waals surface area contributed by atoms with Crippen LogP contribution in [-0.2, 0) is 16.2 Å². The second-order valence-electron chi connectivity index (χ2n) is 6.86. The number of nitrogens with zero attached hydrogens (tertiary/aromatic N) is 2. The van der Waals surface area contributed by atoms with Gasteiger partial charge in [-0.1, -0.05) is 29.3 Å². The number of hydrogen-bond donors (Lipinski definition) is 0. The molecule has 2 amide bonds. The van der Waals surface area contributed by atoms with Crippen molar-refractivity contribution in [1.82, 2.24) is 9.80 Å². The molecule has 6 nitrogen and oxygen atoms in total. The lowest BCUT2D eigenvalue weighted by Crippen LogP contribution is -2.52. The number of carbonyl (C=O) groups is 2. The fourth-order valence-corrected chi connectivity index (χ4v) is 4.21. The van der Waals surface area contributed by atoms with Gasteiger partial charge >= 0.3 is 0 Å². The summed E-state index contributed by atoms with van der Waals surface area (Å²) in [6, 6.07) is 8.61. The van der Waals surface area contributed by atoms with Gasteiger partial charge < -0.3 is 9.47 Å². The fourth-order valence-electron chi connectivity index (χ4n) is 3.00. The number of carbonyl (C=O) groups excluding carboxylic acids is 2. The maximum Gasteiger partial charge on any atom is 0.265 e. The van der Waals surface area contributed by atoms with Crippen LogP contribution in [-0.4, -0.2) is 47.4 Å². The van der Waals surface area contributed by atoms with Gasteiger partial charge in [0.2, 0.25) is 0 Å². The minimum Gasteiger partial charge on any atom is -0.490 e. The average Bonchev–Trinajstić information content (AvgIpc) is 2.75. The van der Waals surface area contributed by atoms with E-state index >= 15 is 0 Å². The number of rotatable bonds is 6. The van der Waals surface area contributed by atoms with E-state index < -0.39 is 11.8 Å². The number of hydrogen-bond acceptors (Lipinski definition) is 5. The van der Waals surface area contributed by atoms with Crippen molar-refractivity contribution in [2.45, 2.75) is 13.5 Å². The Bertz CT molecular complexity index is 1110. The Hall–Kier alpha value is -2.13. The van der Waals surface area contributed by atoms with Gasteiger partial charge in [0.25, 0.3) is 11.8 Å². The molecular formula is C22H19BrCl2N2O4S. The Morgan fingerprint density at radius 2 is 1.72 bits per heavy atom. The zero-order valence-electron chi connectivity index (χ0n) is 17.4. The number of thiocarbonyl (C=S) groups is 1. The molecule has 0 spiro atoms. The number of ether oxygens (including phenoxy) is 2. The number of halogens is 3. The molecule has 0 aliphatic carbocycles. The number of benzene rings is 2. The van der Waals surface area contributed by atoms with Gasteiger partial charge in [-0.3, -0.25) is 19.4 Å². The van der Waals surface area contributed by atoms with Crippen LogP contribution in [0, 0.1) is 0 Å². The van der Waals surface area contributed by atoms with Crippen LogP contribution in [0.4, 0.5) is 0 Å². The minimum atomic E-state index is -0.468. The third-order valence-electron chi connectivity index (χ3n) is 4.67. The molecule has 0 unspecified atom stereocenters. The van der Waals surface area contributed by atoms with Gasteiger partial charge in [0, 0.05) is 29.7 Å². The molecule has 0 aromatic heterocycles. The van der Waals surface area contributed by atoms with Gasteiger partial charge in [-0.25, -0.2) is 0 Å². The minimum absolute atomic E-state index is 0.000405. The predicted octanol–water partition coefficient (Wildman–Crippen LogP) is 5.33. The zero-order chi connectivity index (χ0) is 23.6. The van der Waals surface area contributed by atoms with Crippen molar-refractivity contribution < 1.29 is 19.1 Å². The lowest BCUT2D eigenvalue weighted by Gasteiger charge is -2.31. The number of likely N-dealkylation sites (N-methyl/N-ethyl adjacent to an activating group) is 2. The first-order chi connectivity index (χ1) is 15.1. The Labute approximate surface area is 209 Å². The van der Waals surface area contributed by atoms with Crippen LogP contribution in [0.2, 0.25) is 10.0 Å². The molecule has 168 valence electrons. The molecular weight excluding hydrogens is 539 g/mol. The van der Waals surface area contributed by atoms with E-state index in [1.54, 1.807) is 30.3 Å². The average molecular weight is 558 g/mol. The quantitative estimate of drug-likeness (QED) is 0.273. The van der Waals surface area contributed by atoms with Crippen molar-refractivity contribution in [3.05, 3.63) is 61.5 Å². The summed E-state index contributed by atoms with van der Waals surface area (Å²) in [5.41, 5.74) is 1.35. The molecule has 1 saturated heterocycles. The molecule has 0 radical (unpaired) electrons. The maximum atomic E-state index is 12.6. The van der Waals surface area contributed by atoms with E-state index in [-0.39, 0.29) is 17.3 Å². The first-order valence-corrected chi connectivity index (χ1v) is 11.4. The second-order valence-corrected chi connectivity index (χ2v) is 8.92. The molecule has 2 aromatic carbocycles. The topological polar surface area (TPSA) is 59.1 Å². The first-order valence-electron chi connectivity index (χ1n) is 9.48. The SMILES string of the molecule is CCOc1cc(C=C2C(=O)N(C)C(=S)N(C)C2=O)cc(Br)c1OCc1ccc(Cl)cc1Cl. The maximum absolute atomic E-state index is 12.6. The normalized spacial score (nSPS) is 14.2. The van der Waals surface area contributed by atoms with Gasteiger partial charge in [-0.15, -0.1) is 0 Å². The summed E-state index contributed by atoms with van der Waals surface area (Å²) >= 11 is 20.8. The molecule has 32 heavy (non-hydrogen) atoms. The second kappa shape index (κ2) is 10.2. The first kappa shape index (κ1) is 24.5. The highest BCUT2D eigenvalue weighted by Gasteiger charge is 2.35. The van der Waals surface area contributed by atoms with Crippen molar-refractivity contribution in [3.8, 4) is 11.5 Å². The highest BCUT2D eigenvalue weighted by Crippen LogP contribution is 2.38. The summed E-state index contributed by atoms with van der Waals surface area (Å²) in [6.45, 7) is 2.43. The van der Waals surface area contributed by atoms with Gasteiger partial charge in [-0.05, 0) is 71.0 Å². The third kappa shape index (κ3) is 5.09. The smallest absolute Gasteiger partial charge is 0.265 e. The molecule has 2 aromatic rings. The molecule has 0 N–H and O–H groups in total. The molecule has 1 heterocycles. The summed E-state index contributed by atoms with van der Waals surface area (Å²) in [6.07, 6.45) is 1.51. The molecule has 1 aliphatic rings. The van der Waals surface area contributed by atoms with Crippen LogP contribution in [0.5, 0.6) is 11.5 Å². The van der Waals surface area contributed by atoms with Crippen LogP contribution in [0.3, 0.4) is 0 Å². The molecule has 3 rings (SSSR count). The van der Waals surface area contributed by atoms with Crippen LogP contribution in [0.25, 0.3) is 6.08 Å². The van der Waals surface area contributed by atoms with E-state index in [0.717, 1.165) is 5.56 Å². The van der Waals surface area contributed by atoms with E-state index in [9.17, 15) is 9.59 Å². The van der Waals surface area contributed by atoms with E-state index in [1.165, 1.54) is 30.0 Å². The van der Waals surface area contributed by atoms with Gasteiger partial charge in [0.15, 0.2) is 16.6 Å². The summed E-state index contributed by atoms with van der Waals surface area (Å²) in [4.78, 5) is 27.7. The van der Waals surface area contributed by atoms with Gasteiger partial charge in [0.05, 0.1) is 11.1 Å². The largest absolute Gasteiger partial charge is 0.490 e. The molecule has 1 fully saturated rings. The van der Waals surface area contributed by atoms with Crippen LogP contribution >= 0.6 is 51.3 Å².